The van der Waals surface area contributed by atoms with E-state index in [1.165, 1.54) is 19.2 Å². The van der Waals surface area contributed by atoms with Gasteiger partial charge in [-0.25, -0.2) is 4.98 Å². The Hall–Kier alpha value is -4.20. The number of amidine groups is 1. The van der Waals surface area contributed by atoms with Gasteiger partial charge in [-0.3, -0.25) is 15.5 Å². The van der Waals surface area contributed by atoms with E-state index in [9.17, 15) is 10.1 Å². The molecule has 0 saturated carbocycles. The number of imidazole rings is 1. The smallest absolute Gasteiger partial charge is 0.270 e. The molecule has 4 aromatic rings. The van der Waals surface area contributed by atoms with Crippen LogP contribution in [0.3, 0.4) is 0 Å². The van der Waals surface area contributed by atoms with Crippen molar-refractivity contribution in [3.05, 3.63) is 76.3 Å². The van der Waals surface area contributed by atoms with Crippen LogP contribution in [-0.4, -0.2) is 27.8 Å². The number of nitrogens with one attached hydrogen (secondary N) is 2. The minimum atomic E-state index is -0.432. The highest BCUT2D eigenvalue weighted by molar-refractivity contribution is 5.98. The Balaban J connectivity index is 1.80. The standard InChI is InChI=1S/C21H17N5O3/c1-29-19-8-6-15(26(27)28)11-16(19)12-3-2-4-14(9-12)21-24-17-7-5-13(20(22)23)10-18(17)25-21/h2-11H,1H3,(H3,22,23)(H,24,25). The van der Waals surface area contributed by atoms with Crippen LogP contribution in [0.2, 0.25) is 0 Å². The van der Waals surface area contributed by atoms with E-state index in [1.54, 1.807) is 24.3 Å². The molecule has 1 aromatic heterocycles. The summed E-state index contributed by atoms with van der Waals surface area (Å²) in [6.45, 7) is 0. The van der Waals surface area contributed by atoms with Crippen LogP contribution >= 0.6 is 0 Å². The van der Waals surface area contributed by atoms with E-state index in [0.717, 1.165) is 22.2 Å². The molecule has 0 aliphatic heterocycles. The summed E-state index contributed by atoms with van der Waals surface area (Å²) in [4.78, 5) is 18.6. The molecule has 0 unspecified atom stereocenters. The lowest BCUT2D eigenvalue weighted by Gasteiger charge is -2.09. The number of non-ortho nitro benzene ring substituents is 1. The second-order valence-electron chi connectivity index (χ2n) is 6.45. The fraction of sp³-hybridized carbons (Fsp3) is 0.0476. The van der Waals surface area contributed by atoms with Crippen molar-refractivity contribution in [1.82, 2.24) is 9.97 Å². The van der Waals surface area contributed by atoms with Crippen molar-refractivity contribution >= 4 is 22.6 Å². The summed E-state index contributed by atoms with van der Waals surface area (Å²) in [5.74, 6) is 1.18. The van der Waals surface area contributed by atoms with Gasteiger partial charge in [0.15, 0.2) is 0 Å². The summed E-state index contributed by atoms with van der Waals surface area (Å²) >= 11 is 0. The van der Waals surface area contributed by atoms with Gasteiger partial charge in [-0.05, 0) is 35.9 Å². The second-order valence-corrected chi connectivity index (χ2v) is 6.45. The van der Waals surface area contributed by atoms with Gasteiger partial charge in [-0.15, -0.1) is 0 Å². The number of H-pyrrole nitrogens is 1. The van der Waals surface area contributed by atoms with E-state index in [0.29, 0.717) is 22.7 Å². The number of benzene rings is 3. The van der Waals surface area contributed by atoms with E-state index in [1.807, 2.05) is 24.3 Å². The summed E-state index contributed by atoms with van der Waals surface area (Å²) in [6, 6.07) is 17.3. The van der Waals surface area contributed by atoms with Crippen molar-refractivity contribution in [2.75, 3.05) is 7.11 Å². The molecule has 8 nitrogen and oxygen atoms in total. The Bertz CT molecular complexity index is 1260. The first-order chi connectivity index (χ1) is 14.0. The van der Waals surface area contributed by atoms with Crippen LogP contribution in [0.5, 0.6) is 5.75 Å². The number of methoxy groups -OCH3 is 1. The van der Waals surface area contributed by atoms with E-state index in [4.69, 9.17) is 15.9 Å². The SMILES string of the molecule is COc1ccc([N+](=O)[O-])cc1-c1cccc(-c2nc3ccc(C(=N)N)cc3[nH]2)c1. The van der Waals surface area contributed by atoms with Crippen molar-refractivity contribution in [2.45, 2.75) is 0 Å². The number of hydrogen-bond acceptors (Lipinski definition) is 5. The Morgan fingerprint density at radius 3 is 2.66 bits per heavy atom. The number of fused-ring (bicyclic) bond motifs is 1. The molecule has 0 amide bonds. The first-order valence-electron chi connectivity index (χ1n) is 8.73. The van der Waals surface area contributed by atoms with Crippen LogP contribution < -0.4 is 10.5 Å². The molecule has 4 rings (SSSR count). The predicted molar refractivity (Wildman–Crippen MR) is 111 cm³/mol. The Labute approximate surface area is 165 Å². The summed E-state index contributed by atoms with van der Waals surface area (Å²) in [5.41, 5.74) is 9.90. The molecule has 0 aliphatic rings. The van der Waals surface area contributed by atoms with Crippen molar-refractivity contribution in [3.63, 3.8) is 0 Å². The molecule has 1 heterocycles. The van der Waals surface area contributed by atoms with Crippen molar-refractivity contribution in [3.8, 4) is 28.3 Å². The van der Waals surface area contributed by atoms with E-state index in [-0.39, 0.29) is 11.5 Å². The quantitative estimate of drug-likeness (QED) is 0.205. The van der Waals surface area contributed by atoms with Crippen LogP contribution in [0.4, 0.5) is 5.69 Å². The molecular formula is C21H17N5O3. The average Bonchev–Trinajstić information content (AvgIpc) is 3.16. The number of nitrogens with two attached hydrogens (primary N) is 1. The molecule has 0 radical (unpaired) electrons. The Morgan fingerprint density at radius 1 is 1.14 bits per heavy atom. The molecule has 0 spiro atoms. The lowest BCUT2D eigenvalue weighted by atomic mass is 10.0. The van der Waals surface area contributed by atoms with Crippen LogP contribution in [0.25, 0.3) is 33.5 Å². The summed E-state index contributed by atoms with van der Waals surface area (Å²) in [5, 5.41) is 18.7. The number of nitro benzene ring substituents is 1. The number of nitro groups is 1. The third kappa shape index (κ3) is 3.39. The number of aromatic amines is 1. The summed E-state index contributed by atoms with van der Waals surface area (Å²) in [7, 11) is 1.53. The summed E-state index contributed by atoms with van der Waals surface area (Å²) in [6.07, 6.45) is 0. The maximum Gasteiger partial charge on any atom is 0.270 e. The Kier molecular flexibility index (Phi) is 4.44. The van der Waals surface area contributed by atoms with Gasteiger partial charge in [0.2, 0.25) is 0 Å². The van der Waals surface area contributed by atoms with Crippen LogP contribution in [0.15, 0.2) is 60.7 Å². The molecule has 144 valence electrons. The highest BCUT2D eigenvalue weighted by Gasteiger charge is 2.14. The number of nitrogens with zero attached hydrogens (tertiary/aromatic N) is 2. The third-order valence-corrected chi connectivity index (χ3v) is 4.63. The zero-order valence-electron chi connectivity index (χ0n) is 15.5. The van der Waals surface area contributed by atoms with Gasteiger partial charge < -0.3 is 15.5 Å². The molecule has 3 aromatic carbocycles. The van der Waals surface area contributed by atoms with Crippen molar-refractivity contribution < 1.29 is 9.66 Å². The maximum absolute atomic E-state index is 11.2. The minimum Gasteiger partial charge on any atom is -0.496 e. The van der Waals surface area contributed by atoms with Gasteiger partial charge in [0.25, 0.3) is 5.69 Å². The van der Waals surface area contributed by atoms with Gasteiger partial charge in [0.05, 0.1) is 23.1 Å². The third-order valence-electron chi connectivity index (χ3n) is 4.63. The van der Waals surface area contributed by atoms with Crippen molar-refractivity contribution in [1.29, 1.82) is 5.41 Å². The first kappa shape index (κ1) is 18.2. The van der Waals surface area contributed by atoms with Crippen LogP contribution in [-0.2, 0) is 0 Å². The van der Waals surface area contributed by atoms with Gasteiger partial charge >= 0.3 is 0 Å². The largest absolute Gasteiger partial charge is 0.496 e. The first-order valence-corrected chi connectivity index (χ1v) is 8.73. The zero-order valence-corrected chi connectivity index (χ0v) is 15.5. The second kappa shape index (κ2) is 7.08. The van der Waals surface area contributed by atoms with E-state index >= 15 is 0 Å². The minimum absolute atomic E-state index is 0.00768. The van der Waals surface area contributed by atoms with Gasteiger partial charge in [0.1, 0.15) is 17.4 Å². The highest BCUT2D eigenvalue weighted by Crippen LogP contribution is 2.35. The van der Waals surface area contributed by atoms with Gasteiger partial charge in [0, 0.05) is 28.8 Å². The number of rotatable bonds is 5. The molecular weight excluding hydrogens is 370 g/mol. The number of ether oxygens (including phenoxy) is 1. The summed E-state index contributed by atoms with van der Waals surface area (Å²) < 4.78 is 5.39. The molecule has 4 N–H and O–H groups in total. The predicted octanol–water partition coefficient (Wildman–Crippen LogP) is 4.10. The number of hydrogen-bond donors (Lipinski definition) is 3. The number of aromatic nitrogens is 2. The monoisotopic (exact) mass is 387 g/mol. The normalized spacial score (nSPS) is 10.8. The topological polar surface area (TPSA) is 131 Å². The molecule has 0 atom stereocenters. The fourth-order valence-corrected chi connectivity index (χ4v) is 3.18. The van der Waals surface area contributed by atoms with Crippen LogP contribution in [0.1, 0.15) is 5.56 Å². The zero-order chi connectivity index (χ0) is 20.5. The molecule has 0 saturated heterocycles. The van der Waals surface area contributed by atoms with Crippen LogP contribution in [0, 0.1) is 15.5 Å². The maximum atomic E-state index is 11.2. The van der Waals surface area contributed by atoms with E-state index in [2.05, 4.69) is 9.97 Å². The molecule has 29 heavy (non-hydrogen) atoms. The molecule has 0 aliphatic carbocycles. The fourth-order valence-electron chi connectivity index (χ4n) is 3.18. The number of nitrogen functional groups attached to an aromatic ring is 1. The molecule has 8 heteroatoms. The molecule has 0 bridgehead atoms. The molecule has 0 fully saturated rings. The lowest BCUT2D eigenvalue weighted by molar-refractivity contribution is -0.384. The van der Waals surface area contributed by atoms with Gasteiger partial charge in [-0.2, -0.15) is 0 Å². The van der Waals surface area contributed by atoms with Gasteiger partial charge in [-0.1, -0.05) is 18.2 Å². The van der Waals surface area contributed by atoms with E-state index < -0.39 is 4.92 Å². The average molecular weight is 387 g/mol. The highest BCUT2D eigenvalue weighted by atomic mass is 16.6. The van der Waals surface area contributed by atoms with Crippen molar-refractivity contribution in [2.24, 2.45) is 5.73 Å². The Morgan fingerprint density at radius 2 is 1.93 bits per heavy atom. The lowest BCUT2D eigenvalue weighted by Crippen LogP contribution is -2.10.